The molecule has 1 spiro atoms. The first-order chi connectivity index (χ1) is 15.0. The van der Waals surface area contributed by atoms with Gasteiger partial charge in [0.15, 0.2) is 0 Å². The van der Waals surface area contributed by atoms with Crippen LogP contribution in [0.1, 0.15) is 28.8 Å². The largest absolute Gasteiger partial charge is 0.354 e. The Morgan fingerprint density at radius 1 is 1.10 bits per heavy atom. The summed E-state index contributed by atoms with van der Waals surface area (Å²) in [6.45, 7) is 3.18. The number of nitrogens with one attached hydrogen (secondary N) is 2. The van der Waals surface area contributed by atoms with Crippen molar-refractivity contribution in [3.63, 3.8) is 0 Å². The zero-order valence-electron chi connectivity index (χ0n) is 17.0. The smallest absolute Gasteiger partial charge is 0.253 e. The van der Waals surface area contributed by atoms with Gasteiger partial charge in [-0.05, 0) is 36.6 Å². The average molecular weight is 441 g/mol. The highest BCUT2D eigenvalue weighted by Gasteiger charge is 2.48. The van der Waals surface area contributed by atoms with E-state index in [-0.39, 0.29) is 17.9 Å². The number of aromatic amines is 1. The number of anilines is 1. The molecule has 9 nitrogen and oxygen atoms in total. The lowest BCUT2D eigenvalue weighted by molar-refractivity contribution is 0.0741. The molecule has 1 saturated heterocycles. The van der Waals surface area contributed by atoms with Crippen LogP contribution in [0.4, 0.5) is 5.82 Å². The van der Waals surface area contributed by atoms with Gasteiger partial charge in [-0.2, -0.15) is 0 Å². The third-order valence-electron chi connectivity index (χ3n) is 6.18. The molecular weight excluding hydrogens is 416 g/mol. The van der Waals surface area contributed by atoms with Crippen LogP contribution in [0.2, 0.25) is 0 Å². The molecule has 1 aliphatic carbocycles. The number of aromatic nitrogens is 3. The Kier molecular flexibility index (Phi) is 5.11. The fourth-order valence-corrected chi connectivity index (χ4v) is 4.63. The van der Waals surface area contributed by atoms with Gasteiger partial charge in [-0.15, -0.1) is 0 Å². The summed E-state index contributed by atoms with van der Waals surface area (Å²) in [6, 6.07) is 9.12. The lowest BCUT2D eigenvalue weighted by atomic mass is 10.1. The summed E-state index contributed by atoms with van der Waals surface area (Å²) in [5.41, 5.74) is 2.37. The number of carbonyl (C=O) groups excluding carboxylic acids is 1. The zero-order valence-corrected chi connectivity index (χ0v) is 17.8. The van der Waals surface area contributed by atoms with Gasteiger partial charge in [0.05, 0.1) is 5.39 Å². The normalized spacial score (nSPS) is 18.0. The van der Waals surface area contributed by atoms with Crippen molar-refractivity contribution < 1.29 is 13.2 Å². The van der Waals surface area contributed by atoms with Gasteiger partial charge in [0.2, 0.25) is 10.9 Å². The van der Waals surface area contributed by atoms with Gasteiger partial charge < -0.3 is 14.8 Å². The van der Waals surface area contributed by atoms with Crippen molar-refractivity contribution >= 4 is 33.6 Å². The maximum Gasteiger partial charge on any atom is 0.253 e. The molecule has 162 valence electrons. The van der Waals surface area contributed by atoms with Crippen molar-refractivity contribution in [1.29, 1.82) is 0 Å². The fourth-order valence-electron chi connectivity index (χ4n) is 4.32. The molecule has 1 aromatic carbocycles. The van der Waals surface area contributed by atoms with Crippen LogP contribution in [0.5, 0.6) is 0 Å². The predicted molar refractivity (Wildman–Crippen MR) is 117 cm³/mol. The minimum atomic E-state index is -2.63. The van der Waals surface area contributed by atoms with Gasteiger partial charge in [0, 0.05) is 49.9 Å². The van der Waals surface area contributed by atoms with Crippen LogP contribution in [-0.2, 0) is 17.4 Å². The molecule has 2 aliphatic rings. The molecule has 2 fully saturated rings. The Labute approximate surface area is 181 Å². The van der Waals surface area contributed by atoms with Crippen LogP contribution in [0, 0.1) is 5.41 Å². The van der Waals surface area contributed by atoms with Crippen molar-refractivity contribution in [3.05, 3.63) is 54.0 Å². The molecule has 0 bridgehead atoms. The lowest BCUT2D eigenvalue weighted by Crippen LogP contribution is -2.36. The Balaban J connectivity index is 1.33. The number of carbonyl (C=O) groups is 1. The van der Waals surface area contributed by atoms with Crippen LogP contribution in [0.25, 0.3) is 11.0 Å². The summed E-state index contributed by atoms with van der Waals surface area (Å²) in [4.78, 5) is 29.4. The molecule has 1 saturated carbocycles. The monoisotopic (exact) mass is 440 g/mol. The third-order valence-corrected chi connectivity index (χ3v) is 6.60. The van der Waals surface area contributed by atoms with Gasteiger partial charge in [-0.3, -0.25) is 4.79 Å². The Hall–Kier alpha value is -2.98. The predicted octanol–water partition coefficient (Wildman–Crippen LogP) is 1.32. The van der Waals surface area contributed by atoms with E-state index in [1.54, 1.807) is 30.6 Å². The highest BCUT2D eigenvalue weighted by Crippen LogP contribution is 2.48. The molecule has 0 atom stereocenters. The van der Waals surface area contributed by atoms with Gasteiger partial charge in [0.1, 0.15) is 17.8 Å². The van der Waals surface area contributed by atoms with Crippen LogP contribution in [-0.4, -0.2) is 60.4 Å². The first-order valence-electron chi connectivity index (χ1n) is 10.3. The van der Waals surface area contributed by atoms with Crippen LogP contribution in [0.3, 0.4) is 0 Å². The summed E-state index contributed by atoms with van der Waals surface area (Å²) >= 11 is 0. The first-order valence-corrected chi connectivity index (χ1v) is 11.5. The molecule has 31 heavy (non-hydrogen) atoms. The second-order valence-electron chi connectivity index (χ2n) is 8.37. The van der Waals surface area contributed by atoms with Crippen molar-refractivity contribution in [2.45, 2.75) is 19.4 Å². The van der Waals surface area contributed by atoms with E-state index >= 15 is 0 Å². The van der Waals surface area contributed by atoms with E-state index in [1.807, 2.05) is 17.2 Å². The second kappa shape index (κ2) is 7.93. The minimum absolute atomic E-state index is 0.0111. The highest BCUT2D eigenvalue weighted by molar-refractivity contribution is 7.70. The van der Waals surface area contributed by atoms with E-state index in [2.05, 4.69) is 24.6 Å². The van der Waals surface area contributed by atoms with Crippen molar-refractivity contribution in [2.75, 3.05) is 31.1 Å². The van der Waals surface area contributed by atoms with Crippen LogP contribution < -0.4 is 9.62 Å². The number of amides is 1. The van der Waals surface area contributed by atoms with Crippen LogP contribution >= 0.6 is 0 Å². The van der Waals surface area contributed by atoms with E-state index in [4.69, 9.17) is 0 Å². The molecular formula is C21H24N6O3S. The Morgan fingerprint density at radius 3 is 2.65 bits per heavy atom. The number of nitrogens with zero attached hydrogens (tertiary/aromatic N) is 4. The Morgan fingerprint density at radius 2 is 1.90 bits per heavy atom. The summed E-state index contributed by atoms with van der Waals surface area (Å²) in [5.74, 6) is 0.928. The second-order valence-corrected chi connectivity index (χ2v) is 9.20. The van der Waals surface area contributed by atoms with Gasteiger partial charge in [0.25, 0.3) is 5.91 Å². The van der Waals surface area contributed by atoms with Crippen molar-refractivity contribution in [1.82, 2.24) is 24.6 Å². The van der Waals surface area contributed by atoms with E-state index in [0.29, 0.717) is 18.7 Å². The molecule has 2 aromatic heterocycles. The summed E-state index contributed by atoms with van der Waals surface area (Å²) in [5, 5.41) is 1.00. The van der Waals surface area contributed by atoms with Crippen molar-refractivity contribution in [2.24, 2.45) is 5.41 Å². The summed E-state index contributed by atoms with van der Waals surface area (Å²) in [7, 11) is -2.63. The zero-order chi connectivity index (χ0) is 21.4. The number of hydrogen-bond acceptors (Lipinski definition) is 6. The first kappa shape index (κ1) is 20.0. The van der Waals surface area contributed by atoms with E-state index in [0.717, 1.165) is 48.3 Å². The van der Waals surface area contributed by atoms with Gasteiger partial charge in [-0.25, -0.2) is 23.1 Å². The fraction of sp³-hybridized carbons (Fsp3) is 0.381. The summed E-state index contributed by atoms with van der Waals surface area (Å²) < 4.78 is 23.8. The number of rotatable bonds is 5. The number of thiol groups is 1. The SMILES string of the molecule is O=C(c1ccc(CN[SH](=O)=O)cc1)N1CCN(c2ncnc3[nH]ccc23)CC2(CC2)C1. The molecule has 10 heteroatoms. The minimum Gasteiger partial charge on any atom is -0.354 e. The maximum absolute atomic E-state index is 13.2. The average Bonchev–Trinajstić information content (AvgIpc) is 3.42. The number of benzene rings is 1. The molecule has 5 rings (SSSR count). The van der Waals surface area contributed by atoms with E-state index in [1.165, 1.54) is 0 Å². The van der Waals surface area contributed by atoms with Gasteiger partial charge >= 0.3 is 0 Å². The third kappa shape index (κ3) is 4.13. The quantitative estimate of drug-likeness (QED) is 0.516. The van der Waals surface area contributed by atoms with Crippen LogP contribution in [0.15, 0.2) is 42.9 Å². The highest BCUT2D eigenvalue weighted by atomic mass is 32.2. The van der Waals surface area contributed by atoms with E-state index < -0.39 is 10.9 Å². The molecule has 3 heterocycles. The standard InChI is InChI=1S/C21H24N6O3S/c28-20(16-3-1-15(2-4-16)11-25-31(29)30)27-10-9-26(12-21(13-27)6-7-21)19-17-5-8-22-18(17)23-14-24-19/h1-5,8,14,31H,6-7,9-13H2,(H,22,23,24)(H,25,29,30). The van der Waals surface area contributed by atoms with Crippen molar-refractivity contribution in [3.8, 4) is 0 Å². The molecule has 1 aliphatic heterocycles. The number of fused-ring (bicyclic) bond motifs is 1. The maximum atomic E-state index is 13.2. The van der Waals surface area contributed by atoms with Gasteiger partial charge in [-0.1, -0.05) is 12.1 Å². The van der Waals surface area contributed by atoms with E-state index in [9.17, 15) is 13.2 Å². The number of hydrogen-bond donors (Lipinski definition) is 3. The molecule has 0 radical (unpaired) electrons. The lowest BCUT2D eigenvalue weighted by Gasteiger charge is -2.25. The molecule has 2 N–H and O–H groups in total. The molecule has 1 amide bonds. The molecule has 3 aromatic rings. The number of H-pyrrole nitrogens is 1. The Bertz CT molecular complexity index is 1180. The molecule has 0 unspecified atom stereocenters. The topological polar surface area (TPSA) is 111 Å². The summed E-state index contributed by atoms with van der Waals surface area (Å²) in [6.07, 6.45) is 5.66.